The van der Waals surface area contributed by atoms with Crippen molar-refractivity contribution in [2.24, 2.45) is 5.11 Å². The van der Waals surface area contributed by atoms with Crippen molar-refractivity contribution in [1.29, 1.82) is 0 Å². The number of rotatable bonds is 2. The molecular formula is C5H3Cl2N5. The summed E-state index contributed by atoms with van der Waals surface area (Å²) in [6.45, 7) is 0.0524. The zero-order valence-corrected chi connectivity index (χ0v) is 7.29. The van der Waals surface area contributed by atoms with Crippen molar-refractivity contribution in [3.8, 4) is 0 Å². The van der Waals surface area contributed by atoms with Gasteiger partial charge < -0.3 is 0 Å². The first-order chi connectivity index (χ1) is 5.72. The van der Waals surface area contributed by atoms with Gasteiger partial charge in [0.15, 0.2) is 0 Å². The lowest BCUT2D eigenvalue weighted by atomic mass is 10.5. The van der Waals surface area contributed by atoms with Crippen molar-refractivity contribution in [2.75, 3.05) is 0 Å². The van der Waals surface area contributed by atoms with Gasteiger partial charge in [0.05, 0.1) is 6.54 Å². The van der Waals surface area contributed by atoms with Gasteiger partial charge in [-0.3, -0.25) is 0 Å². The molecule has 0 N–H and O–H groups in total. The molecule has 1 aromatic rings. The predicted molar refractivity (Wildman–Crippen MR) is 44.9 cm³/mol. The quantitative estimate of drug-likeness (QED) is 0.321. The average Bonchev–Trinajstić information content (AvgIpc) is 1.99. The Kier molecular flexibility index (Phi) is 3.10. The molecule has 0 spiro atoms. The van der Waals surface area contributed by atoms with Crippen LogP contribution in [0.25, 0.3) is 10.4 Å². The highest BCUT2D eigenvalue weighted by molar-refractivity contribution is 6.33. The first-order valence-electron chi connectivity index (χ1n) is 2.92. The average molecular weight is 204 g/mol. The number of azide groups is 1. The third-order valence-corrected chi connectivity index (χ3v) is 1.37. The summed E-state index contributed by atoms with van der Waals surface area (Å²) in [4.78, 5) is 10.1. The maximum Gasteiger partial charge on any atom is 0.137 e. The normalized spacial score (nSPS) is 9.17. The Hall–Kier alpha value is -1.03. The first-order valence-corrected chi connectivity index (χ1v) is 3.68. The van der Waals surface area contributed by atoms with E-state index in [2.05, 4.69) is 20.0 Å². The Labute approximate surface area is 78.0 Å². The Morgan fingerprint density at radius 2 is 2.00 bits per heavy atom. The van der Waals surface area contributed by atoms with Gasteiger partial charge in [-0.1, -0.05) is 28.3 Å². The highest BCUT2D eigenvalue weighted by Crippen LogP contribution is 2.11. The second-order valence-corrected chi connectivity index (χ2v) is 2.59. The molecule has 0 atom stereocenters. The lowest BCUT2D eigenvalue weighted by Crippen LogP contribution is -1.92. The van der Waals surface area contributed by atoms with Gasteiger partial charge in [-0.25, -0.2) is 9.97 Å². The van der Waals surface area contributed by atoms with E-state index in [4.69, 9.17) is 28.7 Å². The van der Waals surface area contributed by atoms with Crippen molar-refractivity contribution in [3.63, 3.8) is 0 Å². The van der Waals surface area contributed by atoms with E-state index in [-0.39, 0.29) is 16.9 Å². The van der Waals surface area contributed by atoms with Gasteiger partial charge in [0.2, 0.25) is 0 Å². The van der Waals surface area contributed by atoms with Crippen LogP contribution in [-0.4, -0.2) is 9.97 Å². The van der Waals surface area contributed by atoms with Crippen molar-refractivity contribution >= 4 is 23.2 Å². The molecule has 0 radical (unpaired) electrons. The minimum absolute atomic E-state index is 0.0524. The summed E-state index contributed by atoms with van der Waals surface area (Å²) in [7, 11) is 0. The molecule has 1 aromatic heterocycles. The van der Waals surface area contributed by atoms with Crippen LogP contribution in [0.3, 0.4) is 0 Å². The maximum absolute atomic E-state index is 8.00. The molecule has 0 aliphatic rings. The summed E-state index contributed by atoms with van der Waals surface area (Å²) in [6.07, 6.45) is 0. The molecule has 0 unspecified atom stereocenters. The number of hydrogen-bond acceptors (Lipinski definition) is 3. The fourth-order valence-electron chi connectivity index (χ4n) is 0.600. The van der Waals surface area contributed by atoms with E-state index >= 15 is 0 Å². The summed E-state index contributed by atoms with van der Waals surface area (Å²) in [5.41, 5.74) is 8.00. The molecule has 0 saturated heterocycles. The van der Waals surface area contributed by atoms with Gasteiger partial charge in [-0.15, -0.1) is 0 Å². The van der Waals surface area contributed by atoms with Gasteiger partial charge in [0, 0.05) is 11.0 Å². The van der Waals surface area contributed by atoms with Gasteiger partial charge in [-0.05, 0) is 5.53 Å². The summed E-state index contributed by atoms with van der Waals surface area (Å²) < 4.78 is 0. The van der Waals surface area contributed by atoms with Crippen LogP contribution in [0.15, 0.2) is 11.2 Å². The van der Waals surface area contributed by atoms with Crippen molar-refractivity contribution in [2.45, 2.75) is 6.54 Å². The van der Waals surface area contributed by atoms with Gasteiger partial charge in [-0.2, -0.15) is 0 Å². The van der Waals surface area contributed by atoms with Crippen LogP contribution < -0.4 is 0 Å². The molecule has 1 heterocycles. The molecule has 0 aliphatic carbocycles. The van der Waals surface area contributed by atoms with E-state index in [1.165, 1.54) is 6.07 Å². The van der Waals surface area contributed by atoms with Crippen molar-refractivity contribution in [3.05, 3.63) is 32.6 Å². The number of aromatic nitrogens is 2. The fraction of sp³-hybridized carbons (Fsp3) is 0.200. The molecule has 0 aliphatic heterocycles. The molecule has 5 nitrogen and oxygen atoms in total. The topological polar surface area (TPSA) is 74.5 Å². The number of nitrogens with zero attached hydrogens (tertiary/aromatic N) is 5. The van der Waals surface area contributed by atoms with Crippen molar-refractivity contribution in [1.82, 2.24) is 9.97 Å². The molecule has 0 amide bonds. The highest BCUT2D eigenvalue weighted by Gasteiger charge is 1.99. The largest absolute Gasteiger partial charge is 0.221 e. The maximum atomic E-state index is 8.00. The first kappa shape index (κ1) is 9.06. The number of halogens is 2. The zero-order valence-electron chi connectivity index (χ0n) is 5.78. The second-order valence-electron chi connectivity index (χ2n) is 1.82. The highest BCUT2D eigenvalue weighted by atomic mass is 35.5. The summed E-state index contributed by atoms with van der Waals surface area (Å²) in [5, 5.41) is 3.73. The van der Waals surface area contributed by atoms with E-state index < -0.39 is 0 Å². The van der Waals surface area contributed by atoms with Crippen LogP contribution in [0.1, 0.15) is 5.82 Å². The van der Waals surface area contributed by atoms with Crippen LogP contribution in [0.4, 0.5) is 0 Å². The molecule has 0 bridgehead atoms. The zero-order chi connectivity index (χ0) is 8.97. The third kappa shape index (κ3) is 2.54. The van der Waals surface area contributed by atoms with E-state index in [0.29, 0.717) is 5.82 Å². The van der Waals surface area contributed by atoms with E-state index in [0.717, 1.165) is 0 Å². The van der Waals surface area contributed by atoms with E-state index in [1.54, 1.807) is 0 Å². The van der Waals surface area contributed by atoms with Gasteiger partial charge in [0.1, 0.15) is 16.1 Å². The Bertz CT molecular complexity index is 312. The lowest BCUT2D eigenvalue weighted by Gasteiger charge is -1.95. The van der Waals surface area contributed by atoms with Crippen LogP contribution in [-0.2, 0) is 6.54 Å². The van der Waals surface area contributed by atoms with Crippen LogP contribution in [0.5, 0.6) is 0 Å². The number of hydrogen-bond donors (Lipinski definition) is 0. The molecule has 1 rings (SSSR count). The Morgan fingerprint density at radius 3 is 2.50 bits per heavy atom. The second kappa shape index (κ2) is 4.11. The SMILES string of the molecule is [N-]=[N+]=NCc1nc(Cl)cc(Cl)n1. The fourth-order valence-corrected chi connectivity index (χ4v) is 1.06. The van der Waals surface area contributed by atoms with Crippen LogP contribution >= 0.6 is 23.2 Å². The van der Waals surface area contributed by atoms with Crippen LogP contribution in [0.2, 0.25) is 10.3 Å². The Morgan fingerprint density at radius 1 is 1.42 bits per heavy atom. The summed E-state index contributed by atoms with van der Waals surface area (Å²) >= 11 is 11.1. The van der Waals surface area contributed by atoms with Crippen molar-refractivity contribution < 1.29 is 0 Å². The van der Waals surface area contributed by atoms with Crippen LogP contribution in [0, 0.1) is 0 Å². The smallest absolute Gasteiger partial charge is 0.137 e. The molecule has 12 heavy (non-hydrogen) atoms. The monoisotopic (exact) mass is 203 g/mol. The lowest BCUT2D eigenvalue weighted by molar-refractivity contribution is 0.900. The Balaban J connectivity index is 2.92. The third-order valence-electron chi connectivity index (χ3n) is 0.985. The standard InChI is InChI=1S/C5H3Cl2N5/c6-3-1-4(7)11-5(10-3)2-9-12-8/h1H,2H2. The minimum atomic E-state index is 0.0524. The van der Waals surface area contributed by atoms with Gasteiger partial charge in [0.25, 0.3) is 0 Å². The molecule has 7 heteroatoms. The van der Waals surface area contributed by atoms with E-state index in [1.807, 2.05) is 0 Å². The molecule has 0 aromatic carbocycles. The van der Waals surface area contributed by atoms with E-state index in [9.17, 15) is 0 Å². The van der Waals surface area contributed by atoms with Gasteiger partial charge >= 0.3 is 0 Å². The molecule has 0 saturated carbocycles. The minimum Gasteiger partial charge on any atom is -0.221 e. The predicted octanol–water partition coefficient (Wildman–Crippen LogP) is 2.59. The molecule has 62 valence electrons. The molecule has 0 fully saturated rings. The molecular weight excluding hydrogens is 201 g/mol. The summed E-state index contributed by atoms with van der Waals surface area (Å²) in [5.74, 6) is 0.310. The summed E-state index contributed by atoms with van der Waals surface area (Å²) in [6, 6.07) is 1.41.